The number of nitrogens with one attached hydrogen (secondary N) is 1. The fourth-order valence-corrected chi connectivity index (χ4v) is 2.17. The monoisotopic (exact) mass is 299 g/mol. The van der Waals surface area contributed by atoms with Gasteiger partial charge in [0.25, 0.3) is 0 Å². The van der Waals surface area contributed by atoms with Crippen molar-refractivity contribution in [2.45, 2.75) is 44.6 Å². The van der Waals surface area contributed by atoms with Gasteiger partial charge in [0.15, 0.2) is 0 Å². The van der Waals surface area contributed by atoms with Gasteiger partial charge in [0.2, 0.25) is 15.9 Å². The Morgan fingerprint density at radius 3 is 2.35 bits per heavy atom. The summed E-state index contributed by atoms with van der Waals surface area (Å²) >= 11 is 0. The lowest BCUT2D eigenvalue weighted by molar-refractivity contribution is -0.120. The fourth-order valence-electron chi connectivity index (χ4n) is 1.55. The van der Waals surface area contributed by atoms with E-state index < -0.39 is 15.6 Å². The standard InChI is InChI=1S/C13H21N3O3S/c1-5-13(4,14)12(17)16-11-7-10(20(15,18)19)6-8(2)9(11)3/h6-7H,5,14H2,1-4H3,(H,16,17)(H2,15,18,19). The summed E-state index contributed by atoms with van der Waals surface area (Å²) in [5.74, 6) is -0.367. The average molecular weight is 299 g/mol. The number of sulfonamides is 1. The zero-order chi connectivity index (χ0) is 15.7. The van der Waals surface area contributed by atoms with Crippen LogP contribution in [0, 0.1) is 13.8 Å². The smallest absolute Gasteiger partial charge is 0.244 e. The van der Waals surface area contributed by atoms with Crippen molar-refractivity contribution >= 4 is 21.6 Å². The van der Waals surface area contributed by atoms with Crippen LogP contribution in [0.1, 0.15) is 31.4 Å². The van der Waals surface area contributed by atoms with Crippen LogP contribution >= 0.6 is 0 Å². The van der Waals surface area contributed by atoms with Crippen LogP contribution in [0.3, 0.4) is 0 Å². The first-order chi connectivity index (χ1) is 8.99. The molecule has 6 nitrogen and oxygen atoms in total. The molecule has 5 N–H and O–H groups in total. The van der Waals surface area contributed by atoms with E-state index >= 15 is 0 Å². The number of carbonyl (C=O) groups excluding carboxylic acids is 1. The van der Waals surface area contributed by atoms with Crippen molar-refractivity contribution in [3.05, 3.63) is 23.3 Å². The van der Waals surface area contributed by atoms with E-state index in [1.807, 2.05) is 0 Å². The first kappa shape index (κ1) is 16.6. The number of amides is 1. The molecule has 112 valence electrons. The molecule has 0 fully saturated rings. The normalized spacial score (nSPS) is 14.7. The molecule has 1 aromatic rings. The van der Waals surface area contributed by atoms with Gasteiger partial charge in [0, 0.05) is 5.69 Å². The summed E-state index contributed by atoms with van der Waals surface area (Å²) in [7, 11) is -3.82. The zero-order valence-electron chi connectivity index (χ0n) is 12.1. The maximum atomic E-state index is 12.1. The molecule has 20 heavy (non-hydrogen) atoms. The van der Waals surface area contributed by atoms with E-state index in [0.29, 0.717) is 12.1 Å². The molecule has 0 aliphatic carbocycles. The van der Waals surface area contributed by atoms with Crippen molar-refractivity contribution in [2.75, 3.05) is 5.32 Å². The lowest BCUT2D eigenvalue weighted by Gasteiger charge is -2.22. The predicted molar refractivity (Wildman–Crippen MR) is 78.8 cm³/mol. The van der Waals surface area contributed by atoms with Gasteiger partial charge >= 0.3 is 0 Å². The molecule has 1 aromatic carbocycles. The molecule has 0 saturated heterocycles. The molecule has 0 radical (unpaired) electrons. The van der Waals surface area contributed by atoms with Crippen LogP contribution in [0.5, 0.6) is 0 Å². The SMILES string of the molecule is CCC(C)(N)C(=O)Nc1cc(S(N)(=O)=O)cc(C)c1C. The van der Waals surface area contributed by atoms with E-state index in [2.05, 4.69) is 5.32 Å². The number of rotatable bonds is 4. The third-order valence-corrected chi connectivity index (χ3v) is 4.36. The molecule has 1 unspecified atom stereocenters. The van der Waals surface area contributed by atoms with Crippen molar-refractivity contribution in [1.29, 1.82) is 0 Å². The highest BCUT2D eigenvalue weighted by Crippen LogP contribution is 2.24. The Bertz CT molecular complexity index is 637. The number of anilines is 1. The highest BCUT2D eigenvalue weighted by molar-refractivity contribution is 7.89. The second-order valence-electron chi connectivity index (χ2n) is 5.18. The first-order valence-corrected chi connectivity index (χ1v) is 7.78. The number of benzene rings is 1. The summed E-state index contributed by atoms with van der Waals surface area (Å²) in [5.41, 5.74) is 6.75. The Labute approximate surface area is 119 Å². The summed E-state index contributed by atoms with van der Waals surface area (Å²) in [4.78, 5) is 12.0. The van der Waals surface area contributed by atoms with Crippen LogP contribution in [0.4, 0.5) is 5.69 Å². The van der Waals surface area contributed by atoms with Gasteiger partial charge < -0.3 is 11.1 Å². The summed E-state index contributed by atoms with van der Waals surface area (Å²) in [6, 6.07) is 2.82. The Hall–Kier alpha value is -1.44. The van der Waals surface area contributed by atoms with Crippen LogP contribution in [0.2, 0.25) is 0 Å². The minimum Gasteiger partial charge on any atom is -0.324 e. The van der Waals surface area contributed by atoms with Crippen molar-refractivity contribution in [1.82, 2.24) is 0 Å². The fraction of sp³-hybridized carbons (Fsp3) is 0.462. The summed E-state index contributed by atoms with van der Waals surface area (Å²) in [5, 5.41) is 7.79. The first-order valence-electron chi connectivity index (χ1n) is 6.23. The number of carbonyl (C=O) groups is 1. The largest absolute Gasteiger partial charge is 0.324 e. The molecule has 1 rings (SSSR count). The van der Waals surface area contributed by atoms with E-state index in [1.54, 1.807) is 27.7 Å². The molecule has 0 spiro atoms. The molecule has 0 saturated carbocycles. The minimum absolute atomic E-state index is 0.0360. The topological polar surface area (TPSA) is 115 Å². The average Bonchev–Trinajstić information content (AvgIpc) is 2.33. The Morgan fingerprint density at radius 1 is 1.35 bits per heavy atom. The number of nitrogens with two attached hydrogens (primary N) is 2. The van der Waals surface area contributed by atoms with Gasteiger partial charge in [-0.3, -0.25) is 4.79 Å². The predicted octanol–water partition coefficient (Wildman–Crippen LogP) is 1.02. The highest BCUT2D eigenvalue weighted by Gasteiger charge is 2.26. The molecule has 7 heteroatoms. The van der Waals surface area contributed by atoms with Crippen molar-refractivity contribution in [3.63, 3.8) is 0 Å². The maximum Gasteiger partial charge on any atom is 0.244 e. The summed E-state index contributed by atoms with van der Waals surface area (Å²) in [6.07, 6.45) is 0.464. The highest BCUT2D eigenvalue weighted by atomic mass is 32.2. The van der Waals surface area contributed by atoms with Crippen molar-refractivity contribution in [2.24, 2.45) is 10.9 Å². The molecule has 0 bridgehead atoms. The Morgan fingerprint density at radius 2 is 1.90 bits per heavy atom. The summed E-state index contributed by atoms with van der Waals surface area (Å²) in [6.45, 7) is 6.96. The van der Waals surface area contributed by atoms with Crippen LogP contribution in [-0.4, -0.2) is 19.9 Å². The van der Waals surface area contributed by atoms with Gasteiger partial charge in [0.1, 0.15) is 0 Å². The second kappa shape index (κ2) is 5.51. The zero-order valence-corrected chi connectivity index (χ0v) is 13.0. The molecular formula is C13H21N3O3S. The van der Waals surface area contributed by atoms with E-state index in [1.165, 1.54) is 12.1 Å². The third-order valence-electron chi connectivity index (χ3n) is 3.47. The van der Waals surface area contributed by atoms with Gasteiger partial charge in [0.05, 0.1) is 10.4 Å². The Balaban J connectivity index is 3.26. The van der Waals surface area contributed by atoms with Gasteiger partial charge in [-0.25, -0.2) is 13.6 Å². The van der Waals surface area contributed by atoms with Crippen LogP contribution in [0.15, 0.2) is 17.0 Å². The van der Waals surface area contributed by atoms with Gasteiger partial charge in [-0.2, -0.15) is 0 Å². The molecule has 0 heterocycles. The number of hydrogen-bond donors (Lipinski definition) is 3. The van der Waals surface area contributed by atoms with Crippen LogP contribution in [-0.2, 0) is 14.8 Å². The number of hydrogen-bond acceptors (Lipinski definition) is 4. The molecule has 1 atom stereocenters. The quantitative estimate of drug-likeness (QED) is 0.769. The van der Waals surface area contributed by atoms with E-state index in [4.69, 9.17) is 10.9 Å². The molecule has 0 aliphatic rings. The molecule has 0 aliphatic heterocycles. The summed E-state index contributed by atoms with van der Waals surface area (Å²) < 4.78 is 22.9. The van der Waals surface area contributed by atoms with E-state index in [9.17, 15) is 13.2 Å². The van der Waals surface area contributed by atoms with E-state index in [-0.39, 0.29) is 10.8 Å². The van der Waals surface area contributed by atoms with E-state index in [0.717, 1.165) is 11.1 Å². The van der Waals surface area contributed by atoms with Crippen molar-refractivity contribution in [3.8, 4) is 0 Å². The maximum absolute atomic E-state index is 12.1. The van der Waals surface area contributed by atoms with Gasteiger partial charge in [-0.15, -0.1) is 0 Å². The number of aryl methyl sites for hydroxylation is 1. The molecule has 0 aromatic heterocycles. The minimum atomic E-state index is -3.82. The van der Waals surface area contributed by atoms with Crippen LogP contribution in [0.25, 0.3) is 0 Å². The van der Waals surface area contributed by atoms with Crippen LogP contribution < -0.4 is 16.2 Å². The molecular weight excluding hydrogens is 278 g/mol. The second-order valence-corrected chi connectivity index (χ2v) is 6.74. The van der Waals surface area contributed by atoms with Gasteiger partial charge in [-0.1, -0.05) is 6.92 Å². The van der Waals surface area contributed by atoms with Gasteiger partial charge in [-0.05, 0) is 50.5 Å². The Kier molecular flexibility index (Phi) is 4.58. The lowest BCUT2D eigenvalue weighted by atomic mass is 9.99. The van der Waals surface area contributed by atoms with Crippen molar-refractivity contribution < 1.29 is 13.2 Å². The lowest BCUT2D eigenvalue weighted by Crippen LogP contribution is -2.47. The molecule has 1 amide bonds. The number of primary sulfonamides is 1. The third kappa shape index (κ3) is 3.56.